The molecule has 0 saturated carbocycles. The van der Waals surface area contributed by atoms with E-state index in [9.17, 15) is 0 Å². The van der Waals surface area contributed by atoms with Gasteiger partial charge in [0.1, 0.15) is 0 Å². The molecule has 5 heteroatoms. The zero-order valence-electron chi connectivity index (χ0n) is 6.70. The van der Waals surface area contributed by atoms with Crippen LogP contribution in [0, 0.1) is 6.92 Å². The normalized spacial score (nSPS) is 6.62. The van der Waals surface area contributed by atoms with Gasteiger partial charge in [0.2, 0.25) is 0 Å². The summed E-state index contributed by atoms with van der Waals surface area (Å²) in [6.07, 6.45) is 3.44. The molecular formula is C8H21N5. The van der Waals surface area contributed by atoms with Gasteiger partial charge in [-0.1, -0.05) is 14.9 Å². The molecule has 5 nitrogen and oxygen atoms in total. The van der Waals surface area contributed by atoms with Gasteiger partial charge in [0.15, 0.2) is 5.96 Å². The second-order valence-electron chi connectivity index (χ2n) is 1.88. The third-order valence-corrected chi connectivity index (χ3v) is 0.893. The topological polar surface area (TPSA) is 93.1 Å². The Labute approximate surface area is 80.3 Å². The third-order valence-electron chi connectivity index (χ3n) is 0.893. The SMILES string of the molecule is C.C.CN=C(N)N.Cc1cnc[nH]1. The number of aromatic amines is 1. The number of aromatic nitrogens is 2. The van der Waals surface area contributed by atoms with Gasteiger partial charge in [-0.05, 0) is 6.92 Å². The molecule has 0 saturated heterocycles. The van der Waals surface area contributed by atoms with Crippen molar-refractivity contribution in [2.24, 2.45) is 16.5 Å². The van der Waals surface area contributed by atoms with E-state index in [1.165, 1.54) is 7.05 Å². The van der Waals surface area contributed by atoms with Gasteiger partial charge in [0, 0.05) is 18.9 Å². The molecule has 0 bridgehead atoms. The second kappa shape index (κ2) is 10.5. The predicted molar refractivity (Wildman–Crippen MR) is 58.5 cm³/mol. The molecule has 1 heterocycles. The van der Waals surface area contributed by atoms with E-state index in [-0.39, 0.29) is 20.8 Å². The Bertz CT molecular complexity index is 198. The van der Waals surface area contributed by atoms with Gasteiger partial charge < -0.3 is 16.5 Å². The van der Waals surface area contributed by atoms with E-state index in [1.807, 2.05) is 6.92 Å². The molecule has 0 aromatic carbocycles. The summed E-state index contributed by atoms with van der Waals surface area (Å²) < 4.78 is 0. The quantitative estimate of drug-likeness (QED) is 0.416. The van der Waals surface area contributed by atoms with Crippen molar-refractivity contribution in [1.82, 2.24) is 9.97 Å². The Kier molecular flexibility index (Phi) is 14.1. The highest BCUT2D eigenvalue weighted by atomic mass is 15.0. The monoisotopic (exact) mass is 187 g/mol. The van der Waals surface area contributed by atoms with Crippen molar-refractivity contribution in [2.45, 2.75) is 21.8 Å². The van der Waals surface area contributed by atoms with Crippen LogP contribution in [0.2, 0.25) is 0 Å². The molecule has 13 heavy (non-hydrogen) atoms. The lowest BCUT2D eigenvalue weighted by atomic mass is 10.6. The Morgan fingerprint density at radius 1 is 1.46 bits per heavy atom. The minimum atomic E-state index is 0. The summed E-state index contributed by atoms with van der Waals surface area (Å²) in [7, 11) is 1.54. The number of hydrogen-bond donors (Lipinski definition) is 3. The van der Waals surface area contributed by atoms with E-state index in [1.54, 1.807) is 12.5 Å². The number of guanidine groups is 1. The van der Waals surface area contributed by atoms with Crippen molar-refractivity contribution in [3.63, 3.8) is 0 Å². The zero-order valence-corrected chi connectivity index (χ0v) is 6.70. The molecule has 1 aromatic rings. The summed E-state index contributed by atoms with van der Waals surface area (Å²) in [5.74, 6) is 0.130. The zero-order chi connectivity index (χ0) is 8.69. The van der Waals surface area contributed by atoms with E-state index in [2.05, 4.69) is 15.0 Å². The lowest BCUT2D eigenvalue weighted by Gasteiger charge is -1.77. The second-order valence-corrected chi connectivity index (χ2v) is 1.88. The Morgan fingerprint density at radius 2 is 1.92 bits per heavy atom. The lowest BCUT2D eigenvalue weighted by Crippen LogP contribution is -2.21. The molecule has 0 unspecified atom stereocenters. The number of hydrogen-bond acceptors (Lipinski definition) is 2. The summed E-state index contributed by atoms with van der Waals surface area (Å²) in [6, 6.07) is 0. The largest absolute Gasteiger partial charge is 0.370 e. The van der Waals surface area contributed by atoms with Crippen LogP contribution in [-0.2, 0) is 0 Å². The first-order chi connectivity index (χ1) is 5.16. The first-order valence-corrected chi connectivity index (χ1v) is 3.09. The van der Waals surface area contributed by atoms with Crippen molar-refractivity contribution >= 4 is 5.96 Å². The fraction of sp³-hybridized carbons (Fsp3) is 0.500. The minimum Gasteiger partial charge on any atom is -0.370 e. The fourth-order valence-corrected chi connectivity index (χ4v) is 0.325. The molecule has 1 rings (SSSR count). The molecule has 78 valence electrons. The molecule has 0 aliphatic rings. The first-order valence-electron chi connectivity index (χ1n) is 3.09. The van der Waals surface area contributed by atoms with Crippen LogP contribution >= 0.6 is 0 Å². The number of imidazole rings is 1. The van der Waals surface area contributed by atoms with Gasteiger partial charge >= 0.3 is 0 Å². The molecule has 0 radical (unpaired) electrons. The Morgan fingerprint density at radius 3 is 2.00 bits per heavy atom. The molecule has 1 aromatic heterocycles. The Hall–Kier alpha value is -1.52. The van der Waals surface area contributed by atoms with Crippen molar-refractivity contribution in [1.29, 1.82) is 0 Å². The molecule has 0 amide bonds. The maximum Gasteiger partial charge on any atom is 0.185 e. The van der Waals surface area contributed by atoms with Crippen LogP contribution in [-0.4, -0.2) is 23.0 Å². The molecule has 0 aliphatic carbocycles. The molecule has 0 fully saturated rings. The minimum absolute atomic E-state index is 0. The fourth-order valence-electron chi connectivity index (χ4n) is 0.325. The van der Waals surface area contributed by atoms with Crippen LogP contribution in [0.1, 0.15) is 20.5 Å². The van der Waals surface area contributed by atoms with Gasteiger partial charge in [0.05, 0.1) is 6.33 Å². The van der Waals surface area contributed by atoms with Crippen molar-refractivity contribution in [2.75, 3.05) is 7.05 Å². The molecule has 0 aliphatic heterocycles. The van der Waals surface area contributed by atoms with E-state index in [0.717, 1.165) is 5.69 Å². The van der Waals surface area contributed by atoms with Crippen LogP contribution in [0.3, 0.4) is 0 Å². The van der Waals surface area contributed by atoms with Gasteiger partial charge in [-0.15, -0.1) is 0 Å². The number of nitrogens with zero attached hydrogens (tertiary/aromatic N) is 2. The lowest BCUT2D eigenvalue weighted by molar-refractivity contribution is 1.25. The van der Waals surface area contributed by atoms with Crippen LogP contribution in [0.15, 0.2) is 17.5 Å². The van der Waals surface area contributed by atoms with E-state index >= 15 is 0 Å². The number of rotatable bonds is 0. The summed E-state index contributed by atoms with van der Waals surface area (Å²) in [5, 5.41) is 0. The van der Waals surface area contributed by atoms with Crippen LogP contribution in [0.25, 0.3) is 0 Å². The Balaban J connectivity index is -0.000000136. The van der Waals surface area contributed by atoms with Crippen LogP contribution < -0.4 is 11.5 Å². The van der Waals surface area contributed by atoms with E-state index < -0.39 is 0 Å². The number of aryl methyl sites for hydroxylation is 1. The average Bonchev–Trinajstić information content (AvgIpc) is 2.41. The summed E-state index contributed by atoms with van der Waals surface area (Å²) >= 11 is 0. The number of H-pyrrole nitrogens is 1. The summed E-state index contributed by atoms with van der Waals surface area (Å²) in [5.41, 5.74) is 10.7. The average molecular weight is 187 g/mol. The maximum atomic E-state index is 4.82. The maximum absolute atomic E-state index is 4.82. The number of aliphatic imine (C=N–C) groups is 1. The predicted octanol–water partition coefficient (Wildman–Crippen LogP) is 0.880. The van der Waals surface area contributed by atoms with E-state index in [4.69, 9.17) is 11.5 Å². The van der Waals surface area contributed by atoms with Crippen LogP contribution in [0.4, 0.5) is 0 Å². The van der Waals surface area contributed by atoms with Crippen molar-refractivity contribution in [3.05, 3.63) is 18.2 Å². The summed E-state index contributed by atoms with van der Waals surface area (Å²) in [4.78, 5) is 10.0. The molecule has 0 atom stereocenters. The van der Waals surface area contributed by atoms with Gasteiger partial charge in [-0.25, -0.2) is 4.98 Å². The molecule has 5 N–H and O–H groups in total. The third kappa shape index (κ3) is 13.5. The number of nitrogens with one attached hydrogen (secondary N) is 1. The summed E-state index contributed by atoms with van der Waals surface area (Å²) in [6.45, 7) is 1.97. The standard InChI is InChI=1S/C4H6N2.C2H7N3.2CH4/c1-4-2-5-3-6-4;1-5-2(3)4;;/h2-3H,1H3,(H,5,6);1H3,(H4,3,4,5);2*1H4. The van der Waals surface area contributed by atoms with Gasteiger partial charge in [-0.2, -0.15) is 0 Å². The van der Waals surface area contributed by atoms with E-state index in [0.29, 0.717) is 0 Å². The highest BCUT2D eigenvalue weighted by Crippen LogP contribution is 1.81. The first kappa shape index (κ1) is 17.5. The number of nitrogens with two attached hydrogens (primary N) is 2. The highest BCUT2D eigenvalue weighted by molar-refractivity contribution is 5.75. The van der Waals surface area contributed by atoms with Crippen LogP contribution in [0.5, 0.6) is 0 Å². The van der Waals surface area contributed by atoms with Gasteiger partial charge in [-0.3, -0.25) is 4.99 Å². The van der Waals surface area contributed by atoms with Crippen molar-refractivity contribution in [3.8, 4) is 0 Å². The van der Waals surface area contributed by atoms with Gasteiger partial charge in [0.25, 0.3) is 0 Å². The molecule has 0 spiro atoms. The smallest absolute Gasteiger partial charge is 0.185 e. The molecular weight excluding hydrogens is 166 g/mol. The highest BCUT2D eigenvalue weighted by Gasteiger charge is 1.73. The van der Waals surface area contributed by atoms with Crippen molar-refractivity contribution < 1.29 is 0 Å².